The number of nitrogens with zero attached hydrogens (tertiary/aromatic N) is 1. The van der Waals surface area contributed by atoms with Crippen LogP contribution in [0.2, 0.25) is 5.02 Å². The molecule has 29 heavy (non-hydrogen) atoms. The first-order valence-corrected chi connectivity index (χ1v) is 9.27. The Morgan fingerprint density at radius 3 is 2.52 bits per heavy atom. The number of carboxylic acids is 1. The van der Waals surface area contributed by atoms with E-state index in [1.165, 1.54) is 13.2 Å². The number of nitriles is 1. The molecule has 0 fully saturated rings. The van der Waals surface area contributed by atoms with Crippen molar-refractivity contribution >= 4 is 17.6 Å². The highest BCUT2D eigenvalue weighted by Crippen LogP contribution is 2.53. The average Bonchev–Trinajstić information content (AvgIpc) is 2.60. The average molecular weight is 431 g/mol. The molecule has 0 saturated heterocycles. The van der Waals surface area contributed by atoms with Crippen LogP contribution in [-0.4, -0.2) is 30.8 Å². The summed E-state index contributed by atoms with van der Waals surface area (Å²) in [5.41, 5.74) is -2.16. The molecule has 2 N–H and O–H groups in total. The number of hydrogen-bond donors (Lipinski definition) is 2. The minimum Gasteiger partial charge on any atom is -0.481 e. The zero-order valence-electron chi connectivity index (χ0n) is 16.4. The third kappa shape index (κ3) is 3.81. The Kier molecular flexibility index (Phi) is 6.55. The van der Waals surface area contributed by atoms with Crippen molar-refractivity contribution in [3.05, 3.63) is 45.6 Å². The number of carboxylic acid groups (broad SMARTS) is 1. The molecule has 1 aromatic carbocycles. The van der Waals surface area contributed by atoms with Gasteiger partial charge >= 0.3 is 12.1 Å². The summed E-state index contributed by atoms with van der Waals surface area (Å²) in [6, 6.07) is 4.51. The summed E-state index contributed by atoms with van der Waals surface area (Å²) in [7, 11) is 1.41. The van der Waals surface area contributed by atoms with Crippen LogP contribution in [0.25, 0.3) is 0 Å². The van der Waals surface area contributed by atoms with Gasteiger partial charge in [0.2, 0.25) is 0 Å². The normalized spacial score (nSPS) is 25.0. The van der Waals surface area contributed by atoms with Gasteiger partial charge in [0.15, 0.2) is 0 Å². The third-order valence-electron chi connectivity index (χ3n) is 5.55. The zero-order valence-corrected chi connectivity index (χ0v) is 17.1. The summed E-state index contributed by atoms with van der Waals surface area (Å²) >= 11 is 5.75. The second kappa shape index (κ2) is 8.25. The molecule has 5 nitrogen and oxygen atoms in total. The first kappa shape index (κ1) is 23.0. The van der Waals surface area contributed by atoms with Crippen molar-refractivity contribution in [3.63, 3.8) is 0 Å². The Balaban J connectivity index is 2.90. The summed E-state index contributed by atoms with van der Waals surface area (Å²) in [4.78, 5) is 12.6. The maximum Gasteiger partial charge on any atom is 0.417 e. The topological polar surface area (TPSA) is 82.3 Å². The molecular formula is C20H22ClF3N2O3. The van der Waals surface area contributed by atoms with Gasteiger partial charge in [-0.05, 0) is 30.5 Å². The number of rotatable bonds is 5. The van der Waals surface area contributed by atoms with Crippen LogP contribution in [0.15, 0.2) is 29.5 Å². The molecule has 0 radical (unpaired) electrons. The SMILES string of the molecule is COCC1NC(C)=C(C#N)C(c2ccc(Cl)c(C(F)(F)F)c2)C1(C(=O)O)C(C)C. The first-order valence-electron chi connectivity index (χ1n) is 8.89. The first-order chi connectivity index (χ1) is 13.4. The molecule has 1 aliphatic heterocycles. The maximum atomic E-state index is 13.4. The minimum absolute atomic E-state index is 0.00323. The highest BCUT2D eigenvalue weighted by molar-refractivity contribution is 6.31. The van der Waals surface area contributed by atoms with Gasteiger partial charge in [0.05, 0.1) is 34.9 Å². The number of carbonyl (C=O) groups is 1. The quantitative estimate of drug-likeness (QED) is 0.714. The van der Waals surface area contributed by atoms with Crippen molar-refractivity contribution in [2.45, 2.75) is 38.9 Å². The molecule has 0 spiro atoms. The smallest absolute Gasteiger partial charge is 0.417 e. The Morgan fingerprint density at radius 2 is 2.07 bits per heavy atom. The summed E-state index contributed by atoms with van der Waals surface area (Å²) in [5.74, 6) is -2.89. The molecular weight excluding hydrogens is 409 g/mol. The summed E-state index contributed by atoms with van der Waals surface area (Å²) in [6.07, 6.45) is -4.72. The van der Waals surface area contributed by atoms with E-state index in [0.29, 0.717) is 5.70 Å². The fourth-order valence-corrected chi connectivity index (χ4v) is 4.47. The van der Waals surface area contributed by atoms with Gasteiger partial charge in [-0.15, -0.1) is 0 Å². The van der Waals surface area contributed by atoms with Crippen molar-refractivity contribution in [2.75, 3.05) is 13.7 Å². The lowest BCUT2D eigenvalue weighted by Crippen LogP contribution is -2.61. The third-order valence-corrected chi connectivity index (χ3v) is 5.88. The highest BCUT2D eigenvalue weighted by atomic mass is 35.5. The molecule has 9 heteroatoms. The van der Waals surface area contributed by atoms with E-state index in [1.807, 2.05) is 6.07 Å². The molecule has 0 aromatic heterocycles. The van der Waals surface area contributed by atoms with Crippen LogP contribution in [0.5, 0.6) is 0 Å². The summed E-state index contributed by atoms with van der Waals surface area (Å²) in [5, 5.41) is 22.6. The van der Waals surface area contributed by atoms with Crippen LogP contribution in [0.4, 0.5) is 13.2 Å². The molecule has 2 rings (SSSR count). The lowest BCUT2D eigenvalue weighted by atomic mass is 9.57. The molecule has 1 heterocycles. The molecule has 1 aliphatic rings. The monoisotopic (exact) mass is 430 g/mol. The number of allylic oxidation sites excluding steroid dienone is 2. The molecule has 0 amide bonds. The number of ether oxygens (including phenoxy) is 1. The van der Waals surface area contributed by atoms with E-state index in [1.54, 1.807) is 20.8 Å². The van der Waals surface area contributed by atoms with Crippen molar-refractivity contribution in [1.29, 1.82) is 5.26 Å². The molecule has 3 atom stereocenters. The predicted octanol–water partition coefficient (Wildman–Crippen LogP) is 4.59. The molecule has 158 valence electrons. The molecule has 0 saturated carbocycles. The summed E-state index contributed by atoms with van der Waals surface area (Å²) < 4.78 is 45.5. The number of nitrogens with one attached hydrogen (secondary N) is 1. The van der Waals surface area contributed by atoms with Crippen LogP contribution in [0, 0.1) is 22.7 Å². The number of hydrogen-bond acceptors (Lipinski definition) is 4. The number of benzene rings is 1. The molecule has 0 bridgehead atoms. The second-order valence-corrected chi connectivity index (χ2v) is 7.77. The zero-order chi connectivity index (χ0) is 22.1. The molecule has 1 aromatic rings. The van der Waals surface area contributed by atoms with E-state index >= 15 is 0 Å². The van der Waals surface area contributed by atoms with Crippen molar-refractivity contribution in [1.82, 2.24) is 5.32 Å². The number of alkyl halides is 3. The number of halogens is 4. The van der Waals surface area contributed by atoms with Crippen LogP contribution >= 0.6 is 11.6 Å². The maximum absolute atomic E-state index is 13.4. The number of aliphatic carboxylic acids is 1. The Bertz CT molecular complexity index is 877. The highest BCUT2D eigenvalue weighted by Gasteiger charge is 2.58. The van der Waals surface area contributed by atoms with Gasteiger partial charge in [0, 0.05) is 18.7 Å². The van der Waals surface area contributed by atoms with Crippen LogP contribution in [-0.2, 0) is 15.7 Å². The Morgan fingerprint density at radius 1 is 1.45 bits per heavy atom. The van der Waals surface area contributed by atoms with Crippen molar-refractivity contribution in [2.24, 2.45) is 11.3 Å². The van der Waals surface area contributed by atoms with Crippen molar-refractivity contribution in [3.8, 4) is 6.07 Å². The van der Waals surface area contributed by atoms with E-state index in [-0.39, 0.29) is 17.7 Å². The fourth-order valence-electron chi connectivity index (χ4n) is 4.25. The Hall–Kier alpha value is -2.24. The number of methoxy groups -OCH3 is 1. The standard InChI is InChI=1S/C20H22ClF3N2O3/c1-10(2)19(18(27)28)16(9-29-4)26-11(3)13(8-25)17(19)12-5-6-15(21)14(7-12)20(22,23)24/h5-7,10,16-17,26H,9H2,1-4H3,(H,27,28). The Labute approximate surface area is 172 Å². The van der Waals surface area contributed by atoms with Crippen LogP contribution in [0.1, 0.15) is 37.8 Å². The minimum atomic E-state index is -4.72. The van der Waals surface area contributed by atoms with E-state index < -0.39 is 46.0 Å². The second-order valence-electron chi connectivity index (χ2n) is 7.37. The van der Waals surface area contributed by atoms with Gasteiger partial charge in [0.25, 0.3) is 0 Å². The molecule has 3 unspecified atom stereocenters. The van der Waals surface area contributed by atoms with Crippen molar-refractivity contribution < 1.29 is 27.8 Å². The fraction of sp³-hybridized carbons (Fsp3) is 0.500. The van der Waals surface area contributed by atoms with Gasteiger partial charge in [-0.2, -0.15) is 18.4 Å². The van der Waals surface area contributed by atoms with Gasteiger partial charge in [-0.1, -0.05) is 31.5 Å². The van der Waals surface area contributed by atoms with Gasteiger partial charge in [-0.3, -0.25) is 4.79 Å². The predicted molar refractivity (Wildman–Crippen MR) is 101 cm³/mol. The van der Waals surface area contributed by atoms with Gasteiger partial charge in [0.1, 0.15) is 5.41 Å². The lowest BCUT2D eigenvalue weighted by Gasteiger charge is -2.49. The van der Waals surface area contributed by atoms with E-state index in [0.717, 1.165) is 12.1 Å². The van der Waals surface area contributed by atoms with E-state index in [4.69, 9.17) is 16.3 Å². The van der Waals surface area contributed by atoms with Gasteiger partial charge in [-0.25, -0.2) is 0 Å². The summed E-state index contributed by atoms with van der Waals surface area (Å²) in [6.45, 7) is 4.93. The molecule has 0 aliphatic carbocycles. The lowest BCUT2D eigenvalue weighted by molar-refractivity contribution is -0.157. The van der Waals surface area contributed by atoms with Gasteiger partial charge < -0.3 is 15.2 Å². The van der Waals surface area contributed by atoms with Crippen LogP contribution in [0.3, 0.4) is 0 Å². The van der Waals surface area contributed by atoms with Crippen LogP contribution < -0.4 is 5.32 Å². The van der Waals surface area contributed by atoms with E-state index in [9.17, 15) is 28.3 Å². The largest absolute Gasteiger partial charge is 0.481 e. The van der Waals surface area contributed by atoms with E-state index in [2.05, 4.69) is 5.32 Å².